The summed E-state index contributed by atoms with van der Waals surface area (Å²) in [4.78, 5) is 12.1. The second-order valence-corrected chi connectivity index (χ2v) is 7.54. The molecule has 0 saturated carbocycles. The van der Waals surface area contributed by atoms with E-state index in [2.05, 4.69) is 36.5 Å². The van der Waals surface area contributed by atoms with Crippen LogP contribution in [0.5, 0.6) is 0 Å². The minimum absolute atomic E-state index is 0.105. The zero-order valence-electron chi connectivity index (χ0n) is 14.0. The van der Waals surface area contributed by atoms with Crippen LogP contribution in [-0.2, 0) is 4.79 Å². The number of amides is 1. The Morgan fingerprint density at radius 1 is 1.00 bits per heavy atom. The summed E-state index contributed by atoms with van der Waals surface area (Å²) in [6.45, 7) is 0. The number of anilines is 1. The molecule has 0 aliphatic rings. The van der Waals surface area contributed by atoms with Gasteiger partial charge in [-0.3, -0.25) is 4.79 Å². The van der Waals surface area contributed by atoms with Crippen LogP contribution in [0.3, 0.4) is 0 Å². The molecule has 0 atom stereocenters. The molecule has 0 aliphatic carbocycles. The number of benzene rings is 2. The molecule has 2 heterocycles. The molecule has 1 N–H and O–H groups in total. The maximum atomic E-state index is 12.1. The number of hydrogen-bond donors (Lipinski definition) is 1. The van der Waals surface area contributed by atoms with Gasteiger partial charge in [0.05, 0.1) is 11.4 Å². The van der Waals surface area contributed by atoms with Crippen molar-refractivity contribution in [2.45, 2.75) is 5.16 Å². The molecule has 0 bridgehead atoms. The van der Waals surface area contributed by atoms with E-state index in [9.17, 15) is 4.79 Å². The molecule has 2 aromatic heterocycles. The highest BCUT2D eigenvalue weighted by Crippen LogP contribution is 2.22. The van der Waals surface area contributed by atoms with Crippen molar-refractivity contribution in [3.05, 3.63) is 71.2 Å². The molecular formula is C19H14BrN5OS. The quantitative estimate of drug-likeness (QED) is 0.469. The van der Waals surface area contributed by atoms with Crippen molar-refractivity contribution in [2.75, 3.05) is 11.1 Å². The maximum Gasteiger partial charge on any atom is 0.234 e. The number of rotatable bonds is 5. The Labute approximate surface area is 168 Å². The molecule has 0 fully saturated rings. The lowest BCUT2D eigenvalue weighted by Crippen LogP contribution is -2.14. The molecule has 0 aliphatic heterocycles. The SMILES string of the molecule is O=C(CSc1nnc2ccc(-c3ccc(Br)cc3)nn12)Nc1ccccc1. The van der Waals surface area contributed by atoms with Crippen molar-refractivity contribution in [3.8, 4) is 11.3 Å². The van der Waals surface area contributed by atoms with Gasteiger partial charge in [0, 0.05) is 15.7 Å². The Morgan fingerprint density at radius 2 is 1.78 bits per heavy atom. The first-order valence-corrected chi connectivity index (χ1v) is 9.93. The smallest absolute Gasteiger partial charge is 0.234 e. The maximum absolute atomic E-state index is 12.1. The summed E-state index contributed by atoms with van der Waals surface area (Å²) in [6.07, 6.45) is 0. The van der Waals surface area contributed by atoms with E-state index in [1.165, 1.54) is 11.8 Å². The molecule has 0 unspecified atom stereocenters. The van der Waals surface area contributed by atoms with Gasteiger partial charge in [-0.25, -0.2) is 0 Å². The van der Waals surface area contributed by atoms with Crippen LogP contribution >= 0.6 is 27.7 Å². The summed E-state index contributed by atoms with van der Waals surface area (Å²) in [5.41, 5.74) is 3.21. The normalized spacial score (nSPS) is 10.9. The lowest BCUT2D eigenvalue weighted by atomic mass is 10.1. The molecule has 4 aromatic rings. The van der Waals surface area contributed by atoms with Gasteiger partial charge in [0.15, 0.2) is 5.65 Å². The standard InChI is InChI=1S/C19H14BrN5OS/c20-14-8-6-13(7-9-14)16-10-11-17-22-23-19(25(17)24-16)27-12-18(26)21-15-4-2-1-3-5-15/h1-11H,12H2,(H,21,26). The average Bonchev–Trinajstić information content (AvgIpc) is 3.10. The Balaban J connectivity index is 1.51. The number of hydrogen-bond acceptors (Lipinski definition) is 5. The molecule has 27 heavy (non-hydrogen) atoms. The van der Waals surface area contributed by atoms with Crippen LogP contribution in [0.4, 0.5) is 5.69 Å². The van der Waals surface area contributed by atoms with E-state index in [-0.39, 0.29) is 11.7 Å². The lowest BCUT2D eigenvalue weighted by molar-refractivity contribution is -0.113. The first-order valence-electron chi connectivity index (χ1n) is 8.15. The molecular weight excluding hydrogens is 426 g/mol. The third kappa shape index (κ3) is 4.17. The van der Waals surface area contributed by atoms with E-state index in [1.54, 1.807) is 4.52 Å². The van der Waals surface area contributed by atoms with Crippen molar-refractivity contribution in [1.29, 1.82) is 0 Å². The van der Waals surface area contributed by atoms with E-state index >= 15 is 0 Å². The summed E-state index contributed by atoms with van der Waals surface area (Å²) in [6, 6.07) is 21.0. The molecule has 0 radical (unpaired) electrons. The highest BCUT2D eigenvalue weighted by molar-refractivity contribution is 9.10. The number of aromatic nitrogens is 4. The molecule has 2 aromatic carbocycles. The van der Waals surface area contributed by atoms with Gasteiger partial charge >= 0.3 is 0 Å². The number of halogens is 1. The molecule has 0 saturated heterocycles. The number of para-hydroxylation sites is 1. The van der Waals surface area contributed by atoms with Crippen LogP contribution in [0, 0.1) is 0 Å². The van der Waals surface area contributed by atoms with Gasteiger partial charge in [0.1, 0.15) is 0 Å². The number of nitrogens with one attached hydrogen (secondary N) is 1. The van der Waals surface area contributed by atoms with Gasteiger partial charge in [-0.2, -0.15) is 9.61 Å². The fraction of sp³-hybridized carbons (Fsp3) is 0.0526. The summed E-state index contributed by atoms with van der Waals surface area (Å²) in [7, 11) is 0. The van der Waals surface area contributed by atoms with Crippen LogP contribution in [0.25, 0.3) is 16.9 Å². The number of carbonyl (C=O) groups is 1. The third-order valence-electron chi connectivity index (χ3n) is 3.76. The van der Waals surface area contributed by atoms with Gasteiger partial charge in [-0.1, -0.05) is 58.0 Å². The van der Waals surface area contributed by atoms with Crippen molar-refractivity contribution in [2.24, 2.45) is 0 Å². The van der Waals surface area contributed by atoms with E-state index in [0.29, 0.717) is 10.8 Å². The minimum Gasteiger partial charge on any atom is -0.325 e. The zero-order valence-corrected chi connectivity index (χ0v) is 16.4. The molecule has 6 nitrogen and oxygen atoms in total. The van der Waals surface area contributed by atoms with Crippen LogP contribution < -0.4 is 5.32 Å². The van der Waals surface area contributed by atoms with Gasteiger partial charge in [0.2, 0.25) is 11.1 Å². The van der Waals surface area contributed by atoms with Gasteiger partial charge < -0.3 is 5.32 Å². The largest absolute Gasteiger partial charge is 0.325 e. The highest BCUT2D eigenvalue weighted by atomic mass is 79.9. The van der Waals surface area contributed by atoms with Crippen molar-refractivity contribution in [1.82, 2.24) is 19.8 Å². The van der Waals surface area contributed by atoms with E-state index in [4.69, 9.17) is 0 Å². The molecule has 4 rings (SSSR count). The number of fused-ring (bicyclic) bond motifs is 1. The predicted octanol–water partition coefficient (Wildman–Crippen LogP) is 4.28. The van der Waals surface area contributed by atoms with Crippen LogP contribution in [0.2, 0.25) is 0 Å². The molecule has 0 spiro atoms. The Bertz CT molecular complexity index is 1080. The van der Waals surface area contributed by atoms with Crippen molar-refractivity contribution < 1.29 is 4.79 Å². The minimum atomic E-state index is -0.105. The Morgan fingerprint density at radius 3 is 2.56 bits per heavy atom. The number of thioether (sulfide) groups is 1. The predicted molar refractivity (Wildman–Crippen MR) is 110 cm³/mol. The fourth-order valence-corrected chi connectivity index (χ4v) is 3.43. The Kier molecular flexibility index (Phi) is 5.17. The van der Waals surface area contributed by atoms with Gasteiger partial charge in [-0.15, -0.1) is 10.2 Å². The van der Waals surface area contributed by atoms with Crippen LogP contribution in [-0.4, -0.2) is 31.5 Å². The summed E-state index contributed by atoms with van der Waals surface area (Å²) in [5, 5.41) is 16.3. The Hall–Kier alpha value is -2.71. The first-order chi connectivity index (χ1) is 13.2. The van der Waals surface area contributed by atoms with E-state index in [1.807, 2.05) is 66.7 Å². The fourth-order valence-electron chi connectivity index (χ4n) is 2.48. The first kappa shape index (κ1) is 17.7. The van der Waals surface area contributed by atoms with E-state index < -0.39 is 0 Å². The van der Waals surface area contributed by atoms with Gasteiger partial charge in [-0.05, 0) is 36.4 Å². The average molecular weight is 440 g/mol. The van der Waals surface area contributed by atoms with Crippen molar-refractivity contribution in [3.63, 3.8) is 0 Å². The van der Waals surface area contributed by atoms with Crippen LogP contribution in [0.15, 0.2) is 76.4 Å². The van der Waals surface area contributed by atoms with E-state index in [0.717, 1.165) is 21.4 Å². The van der Waals surface area contributed by atoms with Crippen LogP contribution in [0.1, 0.15) is 0 Å². The molecule has 134 valence electrons. The van der Waals surface area contributed by atoms with Gasteiger partial charge in [0.25, 0.3) is 0 Å². The number of nitrogens with zero attached hydrogens (tertiary/aromatic N) is 4. The number of carbonyl (C=O) groups excluding carboxylic acids is 1. The lowest BCUT2D eigenvalue weighted by Gasteiger charge is -2.05. The summed E-state index contributed by atoms with van der Waals surface area (Å²) < 4.78 is 2.68. The second kappa shape index (κ2) is 7.89. The zero-order chi connectivity index (χ0) is 18.6. The topological polar surface area (TPSA) is 72.2 Å². The monoisotopic (exact) mass is 439 g/mol. The molecule has 1 amide bonds. The summed E-state index contributed by atoms with van der Waals surface area (Å²) >= 11 is 4.73. The summed E-state index contributed by atoms with van der Waals surface area (Å²) in [5.74, 6) is 0.117. The second-order valence-electron chi connectivity index (χ2n) is 5.68. The third-order valence-corrected chi connectivity index (χ3v) is 5.21. The molecule has 8 heteroatoms. The highest BCUT2D eigenvalue weighted by Gasteiger charge is 2.12. The van der Waals surface area contributed by atoms with Crippen molar-refractivity contribution >= 4 is 44.9 Å².